The van der Waals surface area contributed by atoms with Crippen LogP contribution in [-0.4, -0.2) is 110 Å². The number of carbonyl (C=O) groups excluding carboxylic acids is 4. The SMILES string of the molecule is Cc1ccc(O)c2c1[C@]13CCN(C)[C@H](C)[C@]1(OC(=O)C[C@H](NC(=O)[C@@H](O)c1ccccc1)C(=O)O)CC=C(OC(=O)C[C@H](NC(=O)[C@@H](O)c1ccccc1)C(=O)O)[C@@H]3O2. The summed E-state index contributed by atoms with van der Waals surface area (Å²) in [5, 5.41) is 56.5. The van der Waals surface area contributed by atoms with Gasteiger partial charge in [-0.2, -0.15) is 0 Å². The standard InChI is InChI=1S/C42H45N3O14/c1-22-14-15-28(46)35-32(22)41-18-19-45(3)23(2)42(41,59-31(48)21-27(40(55)56)44-38(52)34(50)25-12-8-5-9-13-25)17-16-29(36(41)58-35)57-30(47)20-26(39(53)54)43-37(51)33(49)24-10-6-4-7-11-24/h4-16,23,26-27,33-34,36,46,49-50H,17-21H2,1-3H3,(H,43,51)(H,44,52)(H,53,54)(H,55,56)/t23-,26+,27+,33+,34+,36+,41+,42-/m1/s1. The van der Waals surface area contributed by atoms with Crippen molar-refractivity contribution >= 4 is 35.7 Å². The van der Waals surface area contributed by atoms with Crippen LogP contribution in [0.4, 0.5) is 0 Å². The van der Waals surface area contributed by atoms with Crippen molar-refractivity contribution in [3.05, 3.63) is 107 Å². The lowest BCUT2D eigenvalue weighted by Crippen LogP contribution is -2.73. The zero-order valence-electron chi connectivity index (χ0n) is 32.4. The summed E-state index contributed by atoms with van der Waals surface area (Å²) in [7, 11) is 1.80. The van der Waals surface area contributed by atoms with Gasteiger partial charge in [-0.05, 0) is 62.7 Å². The Morgan fingerprint density at radius 3 is 1.88 bits per heavy atom. The summed E-state index contributed by atoms with van der Waals surface area (Å²) < 4.78 is 18.7. The van der Waals surface area contributed by atoms with E-state index in [0.717, 1.165) is 0 Å². The molecule has 3 aliphatic rings. The van der Waals surface area contributed by atoms with Gasteiger partial charge in [0.2, 0.25) is 0 Å². The van der Waals surface area contributed by atoms with E-state index >= 15 is 0 Å². The quantitative estimate of drug-likeness (QED) is 0.115. The molecule has 17 heteroatoms. The number of aliphatic carboxylic acids is 2. The van der Waals surface area contributed by atoms with Crippen LogP contribution in [0, 0.1) is 6.92 Å². The number of nitrogens with zero attached hydrogens (tertiary/aromatic N) is 1. The summed E-state index contributed by atoms with van der Waals surface area (Å²) in [6.45, 7) is 3.94. The highest BCUT2D eigenvalue weighted by atomic mass is 16.6. The largest absolute Gasteiger partial charge is 0.504 e. The number of phenolic OH excluding ortho intramolecular Hbond substituents is 1. The second-order valence-corrected chi connectivity index (χ2v) is 15.0. The number of hydrogen-bond donors (Lipinski definition) is 7. The molecule has 2 heterocycles. The number of phenols is 1. The van der Waals surface area contributed by atoms with Crippen molar-refractivity contribution < 1.29 is 68.5 Å². The molecule has 1 fully saturated rings. The van der Waals surface area contributed by atoms with Crippen molar-refractivity contribution in [3.63, 3.8) is 0 Å². The summed E-state index contributed by atoms with van der Waals surface area (Å²) in [6, 6.07) is 14.4. The molecule has 1 spiro atoms. The molecule has 0 saturated carbocycles. The fraction of sp³-hybridized carbons (Fsp3) is 0.381. The Morgan fingerprint density at radius 2 is 1.36 bits per heavy atom. The number of nitrogens with one attached hydrogen (secondary N) is 2. The summed E-state index contributed by atoms with van der Waals surface area (Å²) in [5.74, 6) is -7.67. The number of amides is 2. The first-order valence-corrected chi connectivity index (χ1v) is 18.9. The van der Waals surface area contributed by atoms with E-state index < -0.39 is 96.0 Å². The van der Waals surface area contributed by atoms with E-state index in [9.17, 15) is 54.3 Å². The van der Waals surface area contributed by atoms with Crippen LogP contribution in [0.1, 0.15) is 67.1 Å². The number of likely N-dealkylation sites (tertiary alicyclic amines) is 1. The molecule has 0 aromatic heterocycles. The van der Waals surface area contributed by atoms with Gasteiger partial charge in [-0.1, -0.05) is 66.7 Å². The number of esters is 2. The number of aryl methyl sites for hydroxylation is 1. The molecule has 8 atom stereocenters. The third kappa shape index (κ3) is 7.96. The van der Waals surface area contributed by atoms with Gasteiger partial charge in [0, 0.05) is 18.0 Å². The van der Waals surface area contributed by atoms with E-state index in [4.69, 9.17) is 14.2 Å². The lowest BCUT2D eigenvalue weighted by Gasteiger charge is -2.59. The van der Waals surface area contributed by atoms with E-state index in [2.05, 4.69) is 10.6 Å². The first kappa shape index (κ1) is 42.3. The number of carbonyl (C=O) groups is 6. The summed E-state index contributed by atoms with van der Waals surface area (Å²) in [6.07, 6.45) is -4.90. The second-order valence-electron chi connectivity index (χ2n) is 15.0. The molecule has 3 aromatic carbocycles. The number of carboxylic acid groups (broad SMARTS) is 2. The molecule has 17 nitrogen and oxygen atoms in total. The minimum Gasteiger partial charge on any atom is -0.504 e. The van der Waals surface area contributed by atoms with Gasteiger partial charge < -0.3 is 50.4 Å². The van der Waals surface area contributed by atoms with Gasteiger partial charge in [0.25, 0.3) is 11.8 Å². The Labute approximate surface area is 338 Å². The van der Waals surface area contributed by atoms with Crippen LogP contribution in [0.3, 0.4) is 0 Å². The number of aromatic hydroxyl groups is 1. The number of aliphatic hydroxyl groups is 2. The van der Waals surface area contributed by atoms with Gasteiger partial charge in [-0.3, -0.25) is 24.1 Å². The number of carboxylic acids is 2. The number of piperidine rings is 1. The lowest BCUT2D eigenvalue weighted by molar-refractivity contribution is -0.202. The number of ether oxygens (including phenoxy) is 3. The maximum absolute atomic E-state index is 14.0. The maximum atomic E-state index is 14.0. The maximum Gasteiger partial charge on any atom is 0.326 e. The van der Waals surface area contributed by atoms with Crippen LogP contribution < -0.4 is 15.4 Å². The number of benzene rings is 3. The second kappa shape index (κ2) is 16.9. The van der Waals surface area contributed by atoms with Crippen molar-refractivity contribution in [2.75, 3.05) is 13.6 Å². The average Bonchev–Trinajstić information content (AvgIpc) is 3.59. The van der Waals surface area contributed by atoms with Gasteiger partial charge in [-0.15, -0.1) is 0 Å². The van der Waals surface area contributed by atoms with Gasteiger partial charge >= 0.3 is 23.9 Å². The molecular formula is C42H45N3O14. The van der Waals surface area contributed by atoms with Crippen LogP contribution in [0.2, 0.25) is 0 Å². The number of likely N-dealkylation sites (N-methyl/N-ethyl adjacent to an activating group) is 1. The van der Waals surface area contributed by atoms with Crippen LogP contribution in [0.15, 0.2) is 84.6 Å². The first-order valence-electron chi connectivity index (χ1n) is 18.9. The molecule has 0 radical (unpaired) electrons. The van der Waals surface area contributed by atoms with Crippen LogP contribution in [0.5, 0.6) is 11.5 Å². The van der Waals surface area contributed by atoms with Crippen LogP contribution >= 0.6 is 0 Å². The predicted molar refractivity (Wildman–Crippen MR) is 204 cm³/mol. The zero-order valence-corrected chi connectivity index (χ0v) is 32.4. The number of rotatable bonds is 14. The Bertz CT molecular complexity index is 2160. The Hall–Kier alpha value is -6.30. The third-order valence-corrected chi connectivity index (χ3v) is 11.5. The monoisotopic (exact) mass is 815 g/mol. The predicted octanol–water partition coefficient (Wildman–Crippen LogP) is 1.92. The van der Waals surface area contributed by atoms with E-state index in [1.807, 2.05) is 4.90 Å². The van der Waals surface area contributed by atoms with Crippen LogP contribution in [-0.2, 0) is 43.7 Å². The van der Waals surface area contributed by atoms with Gasteiger partial charge in [0.15, 0.2) is 29.8 Å². The molecule has 0 bridgehead atoms. The Kier molecular flexibility index (Phi) is 12.1. The lowest BCUT2D eigenvalue weighted by atomic mass is 9.54. The summed E-state index contributed by atoms with van der Waals surface area (Å²) in [4.78, 5) is 79.8. The summed E-state index contributed by atoms with van der Waals surface area (Å²) in [5.41, 5.74) is -1.48. The fourth-order valence-corrected chi connectivity index (χ4v) is 8.42. The average molecular weight is 816 g/mol. The van der Waals surface area contributed by atoms with E-state index in [-0.39, 0.29) is 41.2 Å². The molecule has 0 unspecified atom stereocenters. The van der Waals surface area contributed by atoms with E-state index in [1.165, 1.54) is 36.4 Å². The molecule has 312 valence electrons. The normalized spacial score (nSPS) is 23.9. The van der Waals surface area contributed by atoms with Gasteiger partial charge in [-0.25, -0.2) is 9.59 Å². The highest BCUT2D eigenvalue weighted by Gasteiger charge is 2.72. The highest BCUT2D eigenvalue weighted by Crippen LogP contribution is 2.64. The van der Waals surface area contributed by atoms with Crippen molar-refractivity contribution in [1.29, 1.82) is 0 Å². The fourth-order valence-electron chi connectivity index (χ4n) is 8.42. The van der Waals surface area contributed by atoms with Crippen LogP contribution in [0.25, 0.3) is 0 Å². The number of hydrogen-bond acceptors (Lipinski definition) is 13. The van der Waals surface area contributed by atoms with Gasteiger partial charge in [0.05, 0.1) is 18.3 Å². The smallest absolute Gasteiger partial charge is 0.326 e. The van der Waals surface area contributed by atoms with E-state index in [0.29, 0.717) is 17.7 Å². The summed E-state index contributed by atoms with van der Waals surface area (Å²) >= 11 is 0. The number of fused-ring (bicyclic) bond motifs is 1. The molecule has 59 heavy (non-hydrogen) atoms. The molecule has 7 N–H and O–H groups in total. The first-order chi connectivity index (χ1) is 28.0. The minimum atomic E-state index is -1.81. The van der Waals surface area contributed by atoms with Crippen molar-refractivity contribution in [3.8, 4) is 11.5 Å². The Balaban J connectivity index is 1.30. The zero-order chi connectivity index (χ0) is 42.8. The number of aliphatic hydroxyl groups excluding tert-OH is 2. The molecular weight excluding hydrogens is 770 g/mol. The molecule has 6 rings (SSSR count). The molecule has 1 saturated heterocycles. The minimum absolute atomic E-state index is 0.0344. The third-order valence-electron chi connectivity index (χ3n) is 11.5. The molecule has 3 aromatic rings. The molecule has 2 amide bonds. The molecule has 1 aliphatic carbocycles. The Morgan fingerprint density at radius 1 is 0.831 bits per heavy atom. The highest BCUT2D eigenvalue weighted by molar-refractivity contribution is 5.90. The van der Waals surface area contributed by atoms with Crippen molar-refractivity contribution in [1.82, 2.24) is 15.5 Å². The van der Waals surface area contributed by atoms with Gasteiger partial charge in [0.1, 0.15) is 23.4 Å². The molecule has 2 aliphatic heterocycles. The van der Waals surface area contributed by atoms with Crippen molar-refractivity contribution in [2.24, 2.45) is 0 Å². The van der Waals surface area contributed by atoms with Crippen molar-refractivity contribution in [2.45, 2.75) is 87.0 Å². The topological polar surface area (TPSA) is 259 Å². The van der Waals surface area contributed by atoms with E-state index in [1.54, 1.807) is 63.4 Å².